The molecule has 5 fully saturated rings. The SMILES string of the molecule is CO[C@@H]1C[C@H](O[C@@H]2CC[C@]3(C)[C@H](CC[C@@H]4[C@@H]3CC[C@]3(C)[C@H](C5=CC(=O)OC5)[C@H](OC(C)=O)C[C@@]43O)C2)O[C@H](C)[C@H]1O. The number of rotatable bonds is 5. The van der Waals surface area contributed by atoms with Gasteiger partial charge in [-0.1, -0.05) is 13.8 Å². The van der Waals surface area contributed by atoms with Crippen molar-refractivity contribution in [2.45, 2.75) is 128 Å². The third kappa shape index (κ3) is 4.69. The minimum absolute atomic E-state index is 0.0898. The molecular weight excluding hydrogens is 528 g/mol. The molecule has 2 aliphatic heterocycles. The molecule has 0 bridgehead atoms. The van der Waals surface area contributed by atoms with Crippen molar-refractivity contribution in [2.75, 3.05) is 13.7 Å². The number of cyclic esters (lactones) is 1. The predicted molar refractivity (Wildman–Crippen MR) is 147 cm³/mol. The van der Waals surface area contributed by atoms with E-state index in [4.69, 9.17) is 23.7 Å². The number of fused-ring (bicyclic) bond motifs is 5. The van der Waals surface area contributed by atoms with Gasteiger partial charge in [0.15, 0.2) is 6.29 Å². The van der Waals surface area contributed by atoms with Crippen LogP contribution in [0.4, 0.5) is 0 Å². The Hall–Kier alpha value is -1.52. The largest absolute Gasteiger partial charge is 0.462 e. The quantitative estimate of drug-likeness (QED) is 0.373. The summed E-state index contributed by atoms with van der Waals surface area (Å²) < 4.78 is 29.1. The van der Waals surface area contributed by atoms with Gasteiger partial charge in [0.2, 0.25) is 0 Å². The Morgan fingerprint density at radius 2 is 1.85 bits per heavy atom. The van der Waals surface area contributed by atoms with E-state index in [-0.39, 0.29) is 60.4 Å². The first-order chi connectivity index (χ1) is 19.4. The van der Waals surface area contributed by atoms with Gasteiger partial charge in [-0.05, 0) is 80.6 Å². The van der Waals surface area contributed by atoms with Crippen molar-refractivity contribution in [3.8, 4) is 0 Å². The van der Waals surface area contributed by atoms with E-state index in [9.17, 15) is 19.8 Å². The molecule has 4 aliphatic carbocycles. The fourth-order valence-electron chi connectivity index (χ4n) is 10.4. The van der Waals surface area contributed by atoms with Crippen LogP contribution in [0.5, 0.6) is 0 Å². The maximum absolute atomic E-state index is 12.7. The number of aliphatic hydroxyl groups excluding tert-OH is 1. The Balaban J connectivity index is 1.19. The summed E-state index contributed by atoms with van der Waals surface area (Å²) >= 11 is 0. The highest BCUT2D eigenvalue weighted by Gasteiger charge is 2.71. The number of hydrogen-bond donors (Lipinski definition) is 2. The standard InChI is InChI=1S/C32H48O9/c1-17-29(35)24(37-5)14-27(39-17)41-21-8-10-30(3)20(13-21)6-7-23-22(30)9-11-31(4)28(19-12-26(34)38-16-19)25(40-18(2)33)15-32(23,31)36/h12,17,20-25,27-29,35-36H,6-11,13-16H2,1-5H3/t17-,20-,21-,22+,23-,24-,25-,27+,28-,29-,30-,31-,32-/m1/s1. The normalized spacial score (nSPS) is 51.2. The zero-order chi connectivity index (χ0) is 29.3. The van der Waals surface area contributed by atoms with Crippen molar-refractivity contribution in [3.05, 3.63) is 11.6 Å². The lowest BCUT2D eigenvalue weighted by molar-refractivity contribution is -0.273. The minimum Gasteiger partial charge on any atom is -0.462 e. The van der Waals surface area contributed by atoms with Crippen LogP contribution in [0.2, 0.25) is 0 Å². The lowest BCUT2D eigenvalue weighted by Gasteiger charge is -2.63. The number of methoxy groups -OCH3 is 1. The smallest absolute Gasteiger partial charge is 0.331 e. The Morgan fingerprint density at radius 3 is 2.54 bits per heavy atom. The maximum Gasteiger partial charge on any atom is 0.331 e. The molecule has 9 heteroatoms. The van der Waals surface area contributed by atoms with Gasteiger partial charge in [-0.3, -0.25) is 4.79 Å². The summed E-state index contributed by atoms with van der Waals surface area (Å²) in [5, 5.41) is 23.0. The van der Waals surface area contributed by atoms with E-state index in [2.05, 4.69) is 13.8 Å². The zero-order valence-electron chi connectivity index (χ0n) is 25.2. The van der Waals surface area contributed by atoms with Gasteiger partial charge in [-0.25, -0.2) is 4.79 Å². The molecule has 41 heavy (non-hydrogen) atoms. The van der Waals surface area contributed by atoms with Gasteiger partial charge >= 0.3 is 11.9 Å². The van der Waals surface area contributed by atoms with Gasteiger partial charge in [0.05, 0.1) is 23.9 Å². The molecule has 2 N–H and O–H groups in total. The molecule has 0 aromatic rings. The molecule has 2 heterocycles. The average Bonchev–Trinajstić information content (AvgIpc) is 3.42. The van der Waals surface area contributed by atoms with E-state index >= 15 is 0 Å². The Morgan fingerprint density at radius 1 is 1.07 bits per heavy atom. The van der Waals surface area contributed by atoms with Crippen molar-refractivity contribution in [1.29, 1.82) is 0 Å². The van der Waals surface area contributed by atoms with Crippen LogP contribution in [0, 0.1) is 34.5 Å². The number of carbonyl (C=O) groups is 2. The van der Waals surface area contributed by atoms with E-state index in [1.165, 1.54) is 6.92 Å². The second kappa shape index (κ2) is 10.6. The molecule has 4 saturated carbocycles. The number of esters is 2. The Bertz CT molecular complexity index is 1080. The van der Waals surface area contributed by atoms with E-state index < -0.39 is 23.2 Å². The van der Waals surface area contributed by atoms with Gasteiger partial charge in [-0.15, -0.1) is 0 Å². The molecule has 230 valence electrons. The summed E-state index contributed by atoms with van der Waals surface area (Å²) in [7, 11) is 1.62. The Kier molecular flexibility index (Phi) is 7.62. The number of hydrogen-bond acceptors (Lipinski definition) is 9. The molecule has 0 radical (unpaired) electrons. The first-order valence-electron chi connectivity index (χ1n) is 15.7. The third-order valence-corrected chi connectivity index (χ3v) is 12.5. The minimum atomic E-state index is -0.990. The second-order valence-electron chi connectivity index (χ2n) is 14.3. The van der Waals surface area contributed by atoms with Crippen LogP contribution in [0.3, 0.4) is 0 Å². The topological polar surface area (TPSA) is 121 Å². The van der Waals surface area contributed by atoms with Crippen LogP contribution in [-0.2, 0) is 33.3 Å². The molecule has 0 aromatic carbocycles. The van der Waals surface area contributed by atoms with Gasteiger partial charge in [0, 0.05) is 44.3 Å². The molecule has 0 amide bonds. The van der Waals surface area contributed by atoms with Crippen LogP contribution in [0.25, 0.3) is 0 Å². The van der Waals surface area contributed by atoms with Crippen molar-refractivity contribution >= 4 is 11.9 Å². The molecule has 1 saturated heterocycles. The Labute approximate surface area is 243 Å². The van der Waals surface area contributed by atoms with Crippen molar-refractivity contribution < 1.29 is 43.5 Å². The fraction of sp³-hybridized carbons (Fsp3) is 0.875. The lowest BCUT2D eigenvalue weighted by Crippen LogP contribution is -2.62. The highest BCUT2D eigenvalue weighted by atomic mass is 16.7. The van der Waals surface area contributed by atoms with Gasteiger partial charge in [0.25, 0.3) is 0 Å². The molecular formula is C32H48O9. The highest BCUT2D eigenvalue weighted by molar-refractivity contribution is 5.85. The number of ether oxygens (including phenoxy) is 5. The summed E-state index contributed by atoms with van der Waals surface area (Å²) in [6.07, 6.45) is 7.14. The van der Waals surface area contributed by atoms with Gasteiger partial charge < -0.3 is 33.9 Å². The molecule has 9 nitrogen and oxygen atoms in total. The monoisotopic (exact) mass is 576 g/mol. The third-order valence-electron chi connectivity index (χ3n) is 12.5. The molecule has 13 atom stereocenters. The van der Waals surface area contributed by atoms with E-state index in [1.54, 1.807) is 13.2 Å². The predicted octanol–water partition coefficient (Wildman–Crippen LogP) is 3.68. The maximum atomic E-state index is 12.7. The zero-order valence-corrected chi connectivity index (χ0v) is 25.2. The van der Waals surface area contributed by atoms with E-state index in [1.807, 2.05) is 6.92 Å². The summed E-state index contributed by atoms with van der Waals surface area (Å²) in [5.41, 5.74) is -0.559. The molecule has 0 unspecified atom stereocenters. The molecule has 0 aromatic heterocycles. The first-order valence-corrected chi connectivity index (χ1v) is 15.7. The second-order valence-corrected chi connectivity index (χ2v) is 14.3. The van der Waals surface area contributed by atoms with Crippen LogP contribution in [-0.4, -0.2) is 78.3 Å². The van der Waals surface area contributed by atoms with Crippen LogP contribution in [0.1, 0.15) is 85.5 Å². The summed E-state index contributed by atoms with van der Waals surface area (Å²) in [5.74, 6) is 0.0175. The summed E-state index contributed by atoms with van der Waals surface area (Å²) in [6.45, 7) is 8.06. The van der Waals surface area contributed by atoms with Crippen molar-refractivity contribution in [2.24, 2.45) is 34.5 Å². The lowest BCUT2D eigenvalue weighted by atomic mass is 9.43. The average molecular weight is 577 g/mol. The van der Waals surface area contributed by atoms with Crippen molar-refractivity contribution in [1.82, 2.24) is 0 Å². The van der Waals surface area contributed by atoms with E-state index in [0.717, 1.165) is 50.5 Å². The van der Waals surface area contributed by atoms with Gasteiger partial charge in [-0.2, -0.15) is 0 Å². The van der Waals surface area contributed by atoms with E-state index in [0.29, 0.717) is 24.7 Å². The van der Waals surface area contributed by atoms with Crippen LogP contribution < -0.4 is 0 Å². The van der Waals surface area contributed by atoms with Gasteiger partial charge in [0.1, 0.15) is 18.8 Å². The summed E-state index contributed by atoms with van der Waals surface area (Å²) in [4.78, 5) is 24.2. The molecule has 0 spiro atoms. The van der Waals surface area contributed by atoms with Crippen molar-refractivity contribution in [3.63, 3.8) is 0 Å². The fourth-order valence-corrected chi connectivity index (χ4v) is 10.4. The molecule has 6 aliphatic rings. The van der Waals surface area contributed by atoms with Crippen LogP contribution in [0.15, 0.2) is 11.6 Å². The highest BCUT2D eigenvalue weighted by Crippen LogP contribution is 2.70. The number of aliphatic hydroxyl groups is 2. The first kappa shape index (κ1) is 29.5. The summed E-state index contributed by atoms with van der Waals surface area (Å²) in [6, 6.07) is 0. The van der Waals surface area contributed by atoms with Crippen LogP contribution >= 0.6 is 0 Å². The number of carbonyl (C=O) groups excluding carboxylic acids is 2. The molecule has 6 rings (SSSR count).